The molecule has 0 aliphatic heterocycles. The first kappa shape index (κ1) is 9.15. The van der Waals surface area contributed by atoms with Crippen LogP contribution in [0.25, 0.3) is 0 Å². The van der Waals surface area contributed by atoms with Gasteiger partial charge in [0.25, 0.3) is 0 Å². The van der Waals surface area contributed by atoms with Crippen LogP contribution in [0.5, 0.6) is 0 Å². The Labute approximate surface area is 63.2 Å². The van der Waals surface area contributed by atoms with Gasteiger partial charge in [-0.2, -0.15) is 0 Å². The highest BCUT2D eigenvalue weighted by atomic mass is 14.7. The number of aliphatic imine (C=N–C) groups is 1. The quantitative estimate of drug-likeness (QED) is 0.419. The molecule has 0 aromatic carbocycles. The second-order valence-electron chi connectivity index (χ2n) is 2.19. The van der Waals surface area contributed by atoms with Crippen LogP contribution in [0.2, 0.25) is 0 Å². The lowest BCUT2D eigenvalue weighted by atomic mass is 10.2. The van der Waals surface area contributed by atoms with Crippen molar-refractivity contribution < 1.29 is 0 Å². The molecule has 10 heavy (non-hydrogen) atoms. The summed E-state index contributed by atoms with van der Waals surface area (Å²) in [5, 5.41) is 0. The van der Waals surface area contributed by atoms with Gasteiger partial charge in [-0.3, -0.25) is 4.99 Å². The van der Waals surface area contributed by atoms with Gasteiger partial charge in [0.15, 0.2) is 0 Å². The Bertz CT molecular complexity index is 164. The van der Waals surface area contributed by atoms with E-state index >= 15 is 0 Å². The normalized spacial score (nSPS) is 13.5. The molecule has 0 amide bonds. The largest absolute Gasteiger partial charge is 0.266 e. The summed E-state index contributed by atoms with van der Waals surface area (Å²) in [6, 6.07) is 0. The van der Waals surface area contributed by atoms with Crippen molar-refractivity contribution in [1.82, 2.24) is 0 Å². The smallest absolute Gasteiger partial charge is 0.0397 e. The van der Waals surface area contributed by atoms with Crippen molar-refractivity contribution in [2.75, 3.05) is 0 Å². The van der Waals surface area contributed by atoms with Gasteiger partial charge in [0.2, 0.25) is 0 Å². The number of nitrogens with zero attached hydrogens (tertiary/aromatic N) is 1. The minimum Gasteiger partial charge on any atom is -0.266 e. The lowest BCUT2D eigenvalue weighted by Gasteiger charge is -1.94. The van der Waals surface area contributed by atoms with E-state index in [0.717, 1.165) is 17.7 Å². The van der Waals surface area contributed by atoms with Crippen LogP contribution in [-0.2, 0) is 0 Å². The van der Waals surface area contributed by atoms with Crippen LogP contribution in [0.3, 0.4) is 0 Å². The van der Waals surface area contributed by atoms with Crippen LogP contribution in [0.15, 0.2) is 28.9 Å². The van der Waals surface area contributed by atoms with E-state index in [1.165, 1.54) is 0 Å². The lowest BCUT2D eigenvalue weighted by molar-refractivity contribution is 1.21. The molecule has 0 saturated heterocycles. The maximum Gasteiger partial charge on any atom is 0.0397 e. The summed E-state index contributed by atoms with van der Waals surface area (Å²) >= 11 is 0. The standard InChI is InChI=1S/C9H15N/c1-5-7-10-9(4)8(3)6-2/h6-7H,2,5H2,1,3-4H3/b9-8-,10-7?. The summed E-state index contributed by atoms with van der Waals surface area (Å²) < 4.78 is 0. The van der Waals surface area contributed by atoms with Crippen molar-refractivity contribution >= 4 is 6.21 Å². The van der Waals surface area contributed by atoms with Crippen LogP contribution in [0, 0.1) is 0 Å². The Morgan fingerprint density at radius 2 is 2.10 bits per heavy atom. The molecule has 0 spiro atoms. The molecular formula is C9H15N. The molecular weight excluding hydrogens is 122 g/mol. The Morgan fingerprint density at radius 1 is 1.50 bits per heavy atom. The fourth-order valence-corrected chi connectivity index (χ4v) is 0.478. The molecule has 56 valence electrons. The number of hydrogen-bond acceptors (Lipinski definition) is 1. The average Bonchev–Trinajstić information content (AvgIpc) is 1.98. The molecule has 0 atom stereocenters. The average molecular weight is 137 g/mol. The molecule has 0 rings (SSSR count). The Hall–Kier alpha value is -0.850. The second kappa shape index (κ2) is 4.98. The van der Waals surface area contributed by atoms with Crippen LogP contribution < -0.4 is 0 Å². The van der Waals surface area contributed by atoms with Gasteiger partial charge < -0.3 is 0 Å². The van der Waals surface area contributed by atoms with Crippen molar-refractivity contribution in [2.45, 2.75) is 27.2 Å². The molecule has 1 nitrogen and oxygen atoms in total. The van der Waals surface area contributed by atoms with E-state index in [1.54, 1.807) is 0 Å². The Morgan fingerprint density at radius 3 is 2.50 bits per heavy atom. The number of hydrogen-bond donors (Lipinski definition) is 0. The molecule has 0 radical (unpaired) electrons. The number of allylic oxidation sites excluding steroid dienone is 3. The fraction of sp³-hybridized carbons (Fsp3) is 0.444. The van der Waals surface area contributed by atoms with E-state index in [1.807, 2.05) is 26.1 Å². The summed E-state index contributed by atoms with van der Waals surface area (Å²) in [7, 11) is 0. The van der Waals surface area contributed by atoms with Crippen molar-refractivity contribution in [2.24, 2.45) is 4.99 Å². The van der Waals surface area contributed by atoms with Crippen LogP contribution in [0.1, 0.15) is 27.2 Å². The maximum absolute atomic E-state index is 4.20. The van der Waals surface area contributed by atoms with Crippen molar-refractivity contribution in [1.29, 1.82) is 0 Å². The maximum atomic E-state index is 4.20. The second-order valence-corrected chi connectivity index (χ2v) is 2.19. The van der Waals surface area contributed by atoms with Gasteiger partial charge in [-0.25, -0.2) is 0 Å². The van der Waals surface area contributed by atoms with Gasteiger partial charge in [0.1, 0.15) is 0 Å². The van der Waals surface area contributed by atoms with Crippen LogP contribution >= 0.6 is 0 Å². The lowest BCUT2D eigenvalue weighted by Crippen LogP contribution is -1.77. The highest BCUT2D eigenvalue weighted by Crippen LogP contribution is 2.03. The molecule has 0 bridgehead atoms. The number of rotatable bonds is 3. The zero-order valence-electron chi connectivity index (χ0n) is 7.02. The predicted molar refractivity (Wildman–Crippen MR) is 47.4 cm³/mol. The van der Waals surface area contributed by atoms with Gasteiger partial charge in [-0.15, -0.1) is 0 Å². The third kappa shape index (κ3) is 3.23. The molecule has 1 heteroatoms. The molecule has 0 fully saturated rings. The summed E-state index contributed by atoms with van der Waals surface area (Å²) in [5.74, 6) is 0. The van der Waals surface area contributed by atoms with E-state index in [2.05, 4.69) is 18.5 Å². The minimum absolute atomic E-state index is 0.988. The molecule has 0 saturated carbocycles. The fourth-order valence-electron chi connectivity index (χ4n) is 0.478. The highest BCUT2D eigenvalue weighted by molar-refractivity contribution is 5.58. The summed E-state index contributed by atoms with van der Waals surface area (Å²) in [6.07, 6.45) is 4.71. The summed E-state index contributed by atoms with van der Waals surface area (Å²) in [6.45, 7) is 9.73. The molecule has 0 heterocycles. The Kier molecular flexibility index (Phi) is 4.55. The zero-order valence-corrected chi connectivity index (χ0v) is 7.02. The van der Waals surface area contributed by atoms with Gasteiger partial charge in [0, 0.05) is 11.9 Å². The molecule has 0 N–H and O–H groups in total. The van der Waals surface area contributed by atoms with E-state index in [-0.39, 0.29) is 0 Å². The van der Waals surface area contributed by atoms with E-state index < -0.39 is 0 Å². The van der Waals surface area contributed by atoms with Crippen LogP contribution in [-0.4, -0.2) is 6.21 Å². The van der Waals surface area contributed by atoms with Crippen molar-refractivity contribution in [3.05, 3.63) is 23.9 Å². The summed E-state index contributed by atoms with van der Waals surface area (Å²) in [4.78, 5) is 4.20. The molecule has 0 unspecified atom stereocenters. The first-order valence-corrected chi connectivity index (χ1v) is 3.54. The molecule has 0 aliphatic rings. The van der Waals surface area contributed by atoms with Gasteiger partial charge in [-0.1, -0.05) is 19.6 Å². The molecule has 0 aromatic heterocycles. The molecule has 0 aliphatic carbocycles. The monoisotopic (exact) mass is 137 g/mol. The summed E-state index contributed by atoms with van der Waals surface area (Å²) in [5.41, 5.74) is 2.20. The first-order chi connectivity index (χ1) is 4.72. The SMILES string of the molecule is C=C/C(C)=C(/C)N=CCC. The third-order valence-corrected chi connectivity index (χ3v) is 1.34. The first-order valence-electron chi connectivity index (χ1n) is 3.54. The van der Waals surface area contributed by atoms with Gasteiger partial charge in [0.05, 0.1) is 0 Å². The minimum atomic E-state index is 0.988. The zero-order chi connectivity index (χ0) is 7.98. The van der Waals surface area contributed by atoms with E-state index in [9.17, 15) is 0 Å². The van der Waals surface area contributed by atoms with Gasteiger partial charge >= 0.3 is 0 Å². The predicted octanol–water partition coefficient (Wildman–Crippen LogP) is 2.95. The third-order valence-electron chi connectivity index (χ3n) is 1.34. The molecule has 0 aromatic rings. The van der Waals surface area contributed by atoms with Gasteiger partial charge in [-0.05, 0) is 25.8 Å². The van der Waals surface area contributed by atoms with Crippen molar-refractivity contribution in [3.8, 4) is 0 Å². The van der Waals surface area contributed by atoms with E-state index in [4.69, 9.17) is 0 Å². The topological polar surface area (TPSA) is 12.4 Å². The van der Waals surface area contributed by atoms with Crippen LogP contribution in [0.4, 0.5) is 0 Å². The van der Waals surface area contributed by atoms with E-state index in [0.29, 0.717) is 0 Å². The Balaban J connectivity index is 4.17. The highest BCUT2D eigenvalue weighted by Gasteiger charge is 1.85. The van der Waals surface area contributed by atoms with Crippen molar-refractivity contribution in [3.63, 3.8) is 0 Å².